The molecule has 2 heterocycles. The summed E-state index contributed by atoms with van der Waals surface area (Å²) in [7, 11) is 0. The van der Waals surface area contributed by atoms with Crippen LogP contribution >= 0.6 is 0 Å². The zero-order chi connectivity index (χ0) is 14.3. The maximum Gasteiger partial charge on any atom is 0.253 e. The van der Waals surface area contributed by atoms with Gasteiger partial charge in [0.1, 0.15) is 5.82 Å². The van der Waals surface area contributed by atoms with Gasteiger partial charge in [-0.25, -0.2) is 4.98 Å². The lowest BCUT2D eigenvalue weighted by molar-refractivity contribution is -0.130. The zero-order valence-electron chi connectivity index (χ0n) is 10.3. The molecule has 20 heavy (non-hydrogen) atoms. The molecule has 0 spiro atoms. The number of nitrogens with zero attached hydrogens (tertiary/aromatic N) is 2. The molecular formula is C12H12N6O2. The van der Waals surface area contributed by atoms with E-state index in [2.05, 4.69) is 20.3 Å². The molecule has 8 heteroatoms. The first-order valence-electron chi connectivity index (χ1n) is 5.89. The third-order valence-electron chi connectivity index (χ3n) is 3.35. The fourth-order valence-corrected chi connectivity index (χ4v) is 2.35. The van der Waals surface area contributed by atoms with Gasteiger partial charge in [0.05, 0.1) is 17.4 Å². The minimum Gasteiger partial charge on any atom is -0.368 e. The van der Waals surface area contributed by atoms with Crippen molar-refractivity contribution in [3.05, 3.63) is 30.1 Å². The van der Waals surface area contributed by atoms with E-state index < -0.39 is 23.4 Å². The van der Waals surface area contributed by atoms with Crippen LogP contribution in [0.5, 0.6) is 0 Å². The van der Waals surface area contributed by atoms with Crippen molar-refractivity contribution in [1.82, 2.24) is 15.3 Å². The minimum absolute atomic E-state index is 0.215. The summed E-state index contributed by atoms with van der Waals surface area (Å²) in [5, 5.41) is 2.72. The monoisotopic (exact) mass is 272 g/mol. The molecule has 3 rings (SSSR count). The molecule has 2 aromatic rings. The van der Waals surface area contributed by atoms with Crippen LogP contribution in [0.2, 0.25) is 0 Å². The predicted octanol–water partition coefficient (Wildman–Crippen LogP) is -1.27. The summed E-state index contributed by atoms with van der Waals surface area (Å²) in [6.07, 6.45) is 1.24. The SMILES string of the molecule is NC(=O)C1N=CNC1(C(N)=O)c1nc2ccccc2[nH]1. The van der Waals surface area contributed by atoms with Gasteiger partial charge in [-0.3, -0.25) is 14.6 Å². The van der Waals surface area contributed by atoms with Crippen LogP contribution in [-0.4, -0.2) is 34.2 Å². The molecule has 2 amide bonds. The lowest BCUT2D eigenvalue weighted by atomic mass is 9.89. The predicted molar refractivity (Wildman–Crippen MR) is 71.6 cm³/mol. The summed E-state index contributed by atoms with van der Waals surface area (Å²) in [5.41, 5.74) is 10.6. The molecule has 0 aliphatic carbocycles. The van der Waals surface area contributed by atoms with Crippen molar-refractivity contribution < 1.29 is 9.59 Å². The average Bonchev–Trinajstić information content (AvgIpc) is 3.03. The number of H-pyrrole nitrogens is 1. The number of amides is 2. The van der Waals surface area contributed by atoms with Crippen LogP contribution in [0.1, 0.15) is 5.82 Å². The van der Waals surface area contributed by atoms with Gasteiger partial charge in [0, 0.05) is 0 Å². The number of rotatable bonds is 3. The van der Waals surface area contributed by atoms with Crippen molar-refractivity contribution >= 4 is 29.2 Å². The Morgan fingerprint density at radius 1 is 1.25 bits per heavy atom. The van der Waals surface area contributed by atoms with Crippen molar-refractivity contribution in [2.45, 2.75) is 11.6 Å². The molecule has 6 N–H and O–H groups in total. The Hall–Kier alpha value is -2.90. The van der Waals surface area contributed by atoms with Crippen molar-refractivity contribution in [1.29, 1.82) is 0 Å². The molecular weight excluding hydrogens is 260 g/mol. The molecule has 8 nitrogen and oxygen atoms in total. The largest absolute Gasteiger partial charge is 0.368 e. The van der Waals surface area contributed by atoms with E-state index in [4.69, 9.17) is 11.5 Å². The second kappa shape index (κ2) is 4.05. The summed E-state index contributed by atoms with van der Waals surface area (Å²) in [6, 6.07) is 6.08. The number of hydrogen-bond acceptors (Lipinski definition) is 5. The number of imidazole rings is 1. The fourth-order valence-electron chi connectivity index (χ4n) is 2.35. The van der Waals surface area contributed by atoms with Gasteiger partial charge in [0.25, 0.3) is 5.91 Å². The van der Waals surface area contributed by atoms with Gasteiger partial charge in [-0.2, -0.15) is 0 Å². The van der Waals surface area contributed by atoms with Gasteiger partial charge >= 0.3 is 0 Å². The number of aromatic nitrogens is 2. The normalized spacial score (nSPS) is 24.7. The molecule has 0 bridgehead atoms. The summed E-state index contributed by atoms with van der Waals surface area (Å²) in [6.45, 7) is 0. The number of nitrogens with one attached hydrogen (secondary N) is 2. The Kier molecular flexibility index (Phi) is 2.46. The minimum atomic E-state index is -1.58. The molecule has 1 aromatic heterocycles. The van der Waals surface area contributed by atoms with E-state index in [1.807, 2.05) is 12.1 Å². The maximum atomic E-state index is 11.9. The van der Waals surface area contributed by atoms with E-state index >= 15 is 0 Å². The van der Waals surface area contributed by atoms with Gasteiger partial charge in [-0.1, -0.05) is 12.1 Å². The first kappa shape index (κ1) is 12.2. The quantitative estimate of drug-likeness (QED) is 0.553. The Morgan fingerprint density at radius 2 is 2.00 bits per heavy atom. The van der Waals surface area contributed by atoms with Crippen molar-refractivity contribution in [2.24, 2.45) is 16.5 Å². The summed E-state index contributed by atoms with van der Waals surface area (Å²) >= 11 is 0. The Labute approximate surface area is 113 Å². The van der Waals surface area contributed by atoms with E-state index in [1.165, 1.54) is 6.34 Å². The highest BCUT2D eigenvalue weighted by Gasteiger charge is 2.53. The second-order valence-corrected chi connectivity index (χ2v) is 4.50. The van der Waals surface area contributed by atoms with Crippen LogP contribution in [0.15, 0.2) is 29.3 Å². The number of para-hydroxylation sites is 2. The number of aromatic amines is 1. The van der Waals surface area contributed by atoms with Gasteiger partial charge in [-0.05, 0) is 12.1 Å². The van der Waals surface area contributed by atoms with E-state index in [1.54, 1.807) is 12.1 Å². The molecule has 1 aromatic carbocycles. The Balaban J connectivity index is 2.21. The maximum absolute atomic E-state index is 11.9. The molecule has 2 unspecified atom stereocenters. The third-order valence-corrected chi connectivity index (χ3v) is 3.35. The first-order chi connectivity index (χ1) is 9.55. The standard InChI is InChI=1S/C12H12N6O2/c13-9(19)8-12(10(14)20,16-5-15-8)11-17-6-3-1-2-4-7(6)18-11/h1-5,8H,(H2,13,19)(H2,14,20)(H,15,16)(H,17,18). The topological polar surface area (TPSA) is 139 Å². The van der Waals surface area contributed by atoms with E-state index in [0.29, 0.717) is 5.52 Å². The smallest absolute Gasteiger partial charge is 0.253 e. The molecule has 102 valence electrons. The Bertz CT molecular complexity index is 703. The third kappa shape index (κ3) is 1.48. The van der Waals surface area contributed by atoms with Crippen LogP contribution in [0, 0.1) is 0 Å². The molecule has 1 aliphatic rings. The van der Waals surface area contributed by atoms with Crippen molar-refractivity contribution in [3.8, 4) is 0 Å². The molecule has 0 fully saturated rings. The van der Waals surface area contributed by atoms with E-state index in [-0.39, 0.29) is 5.82 Å². The lowest BCUT2D eigenvalue weighted by Gasteiger charge is -2.27. The van der Waals surface area contributed by atoms with Crippen LogP contribution in [-0.2, 0) is 15.1 Å². The Morgan fingerprint density at radius 3 is 2.65 bits per heavy atom. The molecule has 0 saturated heterocycles. The summed E-state index contributed by atoms with van der Waals surface area (Å²) in [5.74, 6) is -1.32. The number of hydrogen-bond donors (Lipinski definition) is 4. The highest BCUT2D eigenvalue weighted by Crippen LogP contribution is 2.29. The number of benzene rings is 1. The van der Waals surface area contributed by atoms with Crippen LogP contribution in [0.25, 0.3) is 11.0 Å². The number of primary amides is 2. The van der Waals surface area contributed by atoms with Crippen LogP contribution < -0.4 is 16.8 Å². The van der Waals surface area contributed by atoms with Crippen molar-refractivity contribution in [3.63, 3.8) is 0 Å². The van der Waals surface area contributed by atoms with E-state index in [0.717, 1.165) is 5.52 Å². The van der Waals surface area contributed by atoms with Crippen LogP contribution in [0.3, 0.4) is 0 Å². The number of nitrogens with two attached hydrogens (primary N) is 2. The van der Waals surface area contributed by atoms with Crippen LogP contribution in [0.4, 0.5) is 0 Å². The van der Waals surface area contributed by atoms with Gasteiger partial charge < -0.3 is 21.8 Å². The zero-order valence-corrected chi connectivity index (χ0v) is 10.3. The lowest BCUT2D eigenvalue weighted by Crippen LogP contribution is -2.59. The number of carbonyl (C=O) groups is 2. The van der Waals surface area contributed by atoms with Gasteiger partial charge in [-0.15, -0.1) is 0 Å². The second-order valence-electron chi connectivity index (χ2n) is 4.50. The van der Waals surface area contributed by atoms with Gasteiger partial charge in [0.15, 0.2) is 6.04 Å². The summed E-state index contributed by atoms with van der Waals surface area (Å²) < 4.78 is 0. The highest BCUT2D eigenvalue weighted by molar-refractivity contribution is 5.99. The first-order valence-corrected chi connectivity index (χ1v) is 5.89. The number of fused-ring (bicyclic) bond motifs is 1. The van der Waals surface area contributed by atoms with E-state index in [9.17, 15) is 9.59 Å². The fraction of sp³-hybridized carbons (Fsp3) is 0.167. The van der Waals surface area contributed by atoms with Gasteiger partial charge in [0.2, 0.25) is 11.4 Å². The number of carbonyl (C=O) groups excluding carboxylic acids is 2. The molecule has 0 radical (unpaired) electrons. The summed E-state index contributed by atoms with van der Waals surface area (Å²) in [4.78, 5) is 34.6. The van der Waals surface area contributed by atoms with Crippen molar-refractivity contribution in [2.75, 3.05) is 0 Å². The molecule has 0 saturated carbocycles. The molecule has 1 aliphatic heterocycles. The molecule has 2 atom stereocenters. The highest BCUT2D eigenvalue weighted by atomic mass is 16.2. The number of aliphatic imine (C=N–C) groups is 1. The average molecular weight is 272 g/mol.